The molecule has 1 aromatic carbocycles. The summed E-state index contributed by atoms with van der Waals surface area (Å²) >= 11 is 0. The first-order valence-electron chi connectivity index (χ1n) is 11.2. The predicted molar refractivity (Wildman–Crippen MR) is 123 cm³/mol. The van der Waals surface area contributed by atoms with Gasteiger partial charge in [-0.2, -0.15) is 5.26 Å². The van der Waals surface area contributed by atoms with Crippen molar-refractivity contribution < 1.29 is 14.0 Å². The number of rotatable bonds is 6. The van der Waals surface area contributed by atoms with Gasteiger partial charge in [0.05, 0.1) is 18.8 Å². The number of anilines is 2. The zero-order chi connectivity index (χ0) is 23.9. The number of carbonyl (C=O) groups excluding carboxylic acids is 2. The molecule has 172 valence electrons. The predicted octanol–water partition coefficient (Wildman–Crippen LogP) is 3.55. The van der Waals surface area contributed by atoms with E-state index in [1.165, 1.54) is 12.1 Å². The fraction of sp³-hybridized carbons (Fsp3) is 0.320. The third-order valence-corrected chi connectivity index (χ3v) is 6.46. The first-order chi connectivity index (χ1) is 16.4. The van der Waals surface area contributed by atoms with E-state index in [0.29, 0.717) is 41.4 Å². The molecule has 1 saturated carbocycles. The molecule has 5 rings (SSSR count). The lowest BCUT2D eigenvalue weighted by Crippen LogP contribution is -2.35. The van der Waals surface area contributed by atoms with Gasteiger partial charge in [0.2, 0.25) is 11.8 Å². The monoisotopic (exact) mass is 458 g/mol. The number of benzene rings is 1. The second-order valence-corrected chi connectivity index (χ2v) is 8.93. The number of aryl methyl sites for hydroxylation is 1. The average molecular weight is 458 g/mol. The van der Waals surface area contributed by atoms with E-state index in [9.17, 15) is 19.2 Å². The van der Waals surface area contributed by atoms with Gasteiger partial charge in [0.1, 0.15) is 17.1 Å². The molecule has 3 heterocycles. The molecule has 0 bridgehead atoms. The number of nitrogens with one attached hydrogen (secondary N) is 1. The van der Waals surface area contributed by atoms with Crippen LogP contribution in [0.2, 0.25) is 0 Å². The van der Waals surface area contributed by atoms with Crippen LogP contribution >= 0.6 is 0 Å². The van der Waals surface area contributed by atoms with Crippen LogP contribution in [0.5, 0.6) is 0 Å². The zero-order valence-corrected chi connectivity index (χ0v) is 18.7. The van der Waals surface area contributed by atoms with Gasteiger partial charge in [0, 0.05) is 42.1 Å². The molecule has 1 N–H and O–H groups in total. The number of halogens is 1. The Morgan fingerprint density at radius 2 is 2.09 bits per heavy atom. The number of aromatic nitrogens is 3. The Hall–Kier alpha value is -4.06. The maximum atomic E-state index is 14.1. The highest BCUT2D eigenvalue weighted by atomic mass is 19.1. The fourth-order valence-electron chi connectivity index (χ4n) is 4.67. The number of amides is 2. The van der Waals surface area contributed by atoms with Crippen molar-refractivity contribution in [3.05, 3.63) is 66.1 Å². The molecule has 2 fully saturated rings. The van der Waals surface area contributed by atoms with Crippen LogP contribution in [0.1, 0.15) is 30.5 Å². The number of hydrogen-bond donors (Lipinski definition) is 1. The third-order valence-electron chi connectivity index (χ3n) is 6.46. The van der Waals surface area contributed by atoms with Crippen LogP contribution in [0, 0.1) is 35.4 Å². The lowest BCUT2D eigenvalue weighted by molar-refractivity contribution is -0.123. The molecule has 2 amide bonds. The first-order valence-corrected chi connectivity index (χ1v) is 11.2. The molecule has 8 nitrogen and oxygen atoms in total. The van der Waals surface area contributed by atoms with Gasteiger partial charge in [-0.3, -0.25) is 9.59 Å². The minimum atomic E-state index is -0.940. The fourth-order valence-corrected chi connectivity index (χ4v) is 4.67. The molecule has 2 aromatic heterocycles. The molecule has 1 aliphatic heterocycles. The van der Waals surface area contributed by atoms with Crippen molar-refractivity contribution in [3.63, 3.8) is 0 Å². The quantitative estimate of drug-likeness (QED) is 0.608. The number of nitrogens with zero attached hydrogens (tertiary/aromatic N) is 5. The summed E-state index contributed by atoms with van der Waals surface area (Å²) in [6.45, 7) is 2.24. The van der Waals surface area contributed by atoms with Gasteiger partial charge < -0.3 is 14.8 Å². The molecule has 1 saturated heterocycles. The van der Waals surface area contributed by atoms with Crippen molar-refractivity contribution in [2.75, 3.05) is 16.8 Å². The smallest absolute Gasteiger partial charge is 0.247 e. The van der Waals surface area contributed by atoms with Gasteiger partial charge in [0.15, 0.2) is 0 Å². The Morgan fingerprint density at radius 1 is 1.26 bits per heavy atom. The molecule has 1 atom stereocenters. The minimum absolute atomic E-state index is 0.0493. The summed E-state index contributed by atoms with van der Waals surface area (Å²) in [5.41, 5.74) is 1.38. The topological polar surface area (TPSA) is 104 Å². The summed E-state index contributed by atoms with van der Waals surface area (Å²) in [6, 6.07) is 10.1. The average Bonchev–Trinajstić information content (AvgIpc) is 3.37. The number of hydrogen-bond acceptors (Lipinski definition) is 5. The van der Waals surface area contributed by atoms with Gasteiger partial charge >= 0.3 is 0 Å². The van der Waals surface area contributed by atoms with E-state index in [-0.39, 0.29) is 24.2 Å². The first kappa shape index (κ1) is 21.8. The van der Waals surface area contributed by atoms with E-state index in [1.807, 2.05) is 0 Å². The summed E-state index contributed by atoms with van der Waals surface area (Å²) in [6.07, 6.45) is 7.12. The van der Waals surface area contributed by atoms with Crippen molar-refractivity contribution in [1.82, 2.24) is 14.5 Å². The van der Waals surface area contributed by atoms with Gasteiger partial charge in [-0.15, -0.1) is 0 Å². The number of carbonyl (C=O) groups is 2. The molecule has 2 aliphatic rings. The van der Waals surface area contributed by atoms with Crippen LogP contribution in [0.3, 0.4) is 0 Å². The molecule has 0 spiro atoms. The normalized spacial score (nSPS) is 19.8. The van der Waals surface area contributed by atoms with E-state index in [1.54, 1.807) is 53.3 Å². The molecule has 0 unspecified atom stereocenters. The lowest BCUT2D eigenvalue weighted by Gasteiger charge is -2.21. The van der Waals surface area contributed by atoms with Crippen LogP contribution < -0.4 is 10.2 Å². The van der Waals surface area contributed by atoms with Crippen molar-refractivity contribution in [3.8, 4) is 11.8 Å². The Morgan fingerprint density at radius 3 is 2.79 bits per heavy atom. The van der Waals surface area contributed by atoms with Crippen LogP contribution in [0.4, 0.5) is 15.9 Å². The summed E-state index contributed by atoms with van der Waals surface area (Å²) in [5.74, 6) is -0.542. The summed E-state index contributed by atoms with van der Waals surface area (Å²) < 4.78 is 15.8. The standard InChI is InChI=1S/C25H23FN6O2/c1-16-8-21(32-6-4-25(14-27,24(32)34)18-2-3-18)13-22(29-16)30-23(33)11-17-9-19(26)12-20(10-17)31-7-5-28-15-31/h5,7-10,12-13,15,18H,2-4,6,11H2,1H3,(H,29,30,33)/t25-/m1/s1. The molecule has 9 heteroatoms. The van der Waals surface area contributed by atoms with Crippen molar-refractivity contribution >= 4 is 23.3 Å². The lowest BCUT2D eigenvalue weighted by atomic mass is 9.83. The number of imidazole rings is 1. The zero-order valence-electron chi connectivity index (χ0n) is 18.7. The largest absolute Gasteiger partial charge is 0.311 e. The van der Waals surface area contributed by atoms with E-state index in [2.05, 4.69) is 21.4 Å². The van der Waals surface area contributed by atoms with Gasteiger partial charge in [-0.1, -0.05) is 0 Å². The van der Waals surface area contributed by atoms with E-state index in [0.717, 1.165) is 12.8 Å². The van der Waals surface area contributed by atoms with Gasteiger partial charge in [0.25, 0.3) is 0 Å². The summed E-state index contributed by atoms with van der Waals surface area (Å²) in [5, 5.41) is 12.5. The third kappa shape index (κ3) is 4.03. The van der Waals surface area contributed by atoms with Gasteiger partial charge in [-0.25, -0.2) is 14.4 Å². The highest BCUT2D eigenvalue weighted by Crippen LogP contribution is 2.52. The van der Waals surface area contributed by atoms with Crippen LogP contribution in [-0.4, -0.2) is 32.9 Å². The van der Waals surface area contributed by atoms with Crippen molar-refractivity contribution in [2.24, 2.45) is 11.3 Å². The molecule has 34 heavy (non-hydrogen) atoms. The Labute approximate surface area is 196 Å². The van der Waals surface area contributed by atoms with Crippen LogP contribution in [-0.2, 0) is 16.0 Å². The molecule has 1 aliphatic carbocycles. The molecule has 0 radical (unpaired) electrons. The van der Waals surface area contributed by atoms with Crippen molar-refractivity contribution in [1.29, 1.82) is 5.26 Å². The van der Waals surface area contributed by atoms with E-state index >= 15 is 0 Å². The van der Waals surface area contributed by atoms with Crippen LogP contribution in [0.15, 0.2) is 49.1 Å². The highest BCUT2D eigenvalue weighted by molar-refractivity contribution is 6.02. The Bertz CT molecular complexity index is 1310. The van der Waals surface area contributed by atoms with Crippen LogP contribution in [0.25, 0.3) is 5.69 Å². The Kier molecular flexibility index (Phi) is 5.36. The maximum absolute atomic E-state index is 14.1. The summed E-state index contributed by atoms with van der Waals surface area (Å²) in [4.78, 5) is 35.8. The van der Waals surface area contributed by atoms with Gasteiger partial charge in [-0.05, 0) is 61.9 Å². The molecular weight excluding hydrogens is 435 g/mol. The van der Waals surface area contributed by atoms with E-state index in [4.69, 9.17) is 0 Å². The van der Waals surface area contributed by atoms with E-state index < -0.39 is 11.2 Å². The molecule has 3 aromatic rings. The maximum Gasteiger partial charge on any atom is 0.247 e. The second kappa shape index (κ2) is 8.37. The minimum Gasteiger partial charge on any atom is -0.311 e. The number of nitriles is 1. The molecular formula is C25H23FN6O2. The second-order valence-electron chi connectivity index (χ2n) is 8.93. The van der Waals surface area contributed by atoms with Crippen molar-refractivity contribution in [2.45, 2.75) is 32.6 Å². The number of pyridine rings is 1. The SMILES string of the molecule is Cc1cc(N2CC[C@@](C#N)(C3CC3)C2=O)cc(NC(=O)Cc2cc(F)cc(-n3ccnc3)c2)n1. The summed E-state index contributed by atoms with van der Waals surface area (Å²) in [7, 11) is 0. The highest BCUT2D eigenvalue weighted by Gasteiger charge is 2.56. The Balaban J connectivity index is 1.33.